The van der Waals surface area contributed by atoms with Gasteiger partial charge in [-0.3, -0.25) is 38.0 Å². The molecule has 6 aromatic carbocycles. The second kappa shape index (κ2) is 34.4. The highest BCUT2D eigenvalue weighted by Crippen LogP contribution is 2.79. The van der Waals surface area contributed by atoms with Crippen molar-refractivity contribution in [1.29, 1.82) is 0 Å². The topological polar surface area (TPSA) is 304 Å². The van der Waals surface area contributed by atoms with E-state index in [1.54, 1.807) is 229 Å². The normalized spacial score (nSPS) is 14.8. The number of carbonyl (C=O) groups is 6. The van der Waals surface area contributed by atoms with Gasteiger partial charge in [-0.1, -0.05) is 103 Å². The Morgan fingerprint density at radius 1 is 0.316 bits per heavy atom. The Labute approximate surface area is 578 Å². The summed E-state index contributed by atoms with van der Waals surface area (Å²) in [4.78, 5) is 77.5. The van der Waals surface area contributed by atoms with E-state index in [1.165, 1.54) is 0 Å². The van der Waals surface area contributed by atoms with E-state index in [2.05, 4.69) is 83.3 Å². The minimum atomic E-state index is -4.59. The molecule has 0 fully saturated rings. The Morgan fingerprint density at radius 2 is 0.541 bits per heavy atom. The van der Waals surface area contributed by atoms with Crippen LogP contribution in [0.15, 0.2) is 173 Å². The summed E-state index contributed by atoms with van der Waals surface area (Å²) in [6.45, 7) is 36.6. The van der Waals surface area contributed by atoms with Crippen LogP contribution in [-0.2, 0) is 28.8 Å². The molecule has 98 heavy (non-hydrogen) atoms. The van der Waals surface area contributed by atoms with Gasteiger partial charge in [0.05, 0.1) is 14.4 Å². The lowest BCUT2D eigenvalue weighted by Crippen LogP contribution is -2.17. The van der Waals surface area contributed by atoms with Gasteiger partial charge in [-0.2, -0.15) is 0 Å². The van der Waals surface area contributed by atoms with Crippen molar-refractivity contribution in [2.45, 2.75) is 83.1 Å². The van der Waals surface area contributed by atoms with Crippen LogP contribution in [0.25, 0.3) is 0 Å². The van der Waals surface area contributed by atoms with E-state index in [1.807, 2.05) is 7.05 Å². The molecule has 6 amide bonds. The van der Waals surface area contributed by atoms with E-state index in [-0.39, 0.29) is 105 Å². The zero-order valence-corrected chi connectivity index (χ0v) is 65.0. The number of rotatable bonds is 26. The lowest BCUT2D eigenvalue weighted by molar-refractivity contribution is -0.119. The van der Waals surface area contributed by atoms with Crippen LogP contribution in [0.1, 0.15) is 83.1 Å². The van der Waals surface area contributed by atoms with Crippen LogP contribution in [0.5, 0.6) is 34.5 Å². The first-order valence-corrected chi connectivity index (χ1v) is 44.8. The number of amides is 6. The van der Waals surface area contributed by atoms with E-state index < -0.39 is 44.4 Å². The fourth-order valence-corrected chi connectivity index (χ4v) is 27.6. The molecule has 0 saturated carbocycles. The fraction of sp³-hybridized carbons (Fsp3) is 0.382. The molecule has 1 unspecified atom stereocenters. The summed E-state index contributed by atoms with van der Waals surface area (Å²) >= 11 is 0. The van der Waals surface area contributed by atoms with E-state index in [0.717, 1.165) is 0 Å². The molecule has 0 radical (unpaired) electrons. The van der Waals surface area contributed by atoms with Gasteiger partial charge < -0.3 is 59.0 Å². The first kappa shape index (κ1) is 79.3. The molecule has 1 heterocycles. The molecule has 6 N–H and O–H groups in total. The average Bonchev–Trinajstić information content (AvgIpc) is 0.730. The van der Waals surface area contributed by atoms with E-state index in [4.69, 9.17) is 49.7 Å². The van der Waals surface area contributed by atoms with Gasteiger partial charge in [0.1, 0.15) is 34.5 Å². The van der Waals surface area contributed by atoms with Crippen LogP contribution in [0.2, 0.25) is 0 Å². The van der Waals surface area contributed by atoms with Crippen molar-refractivity contribution in [3.63, 3.8) is 0 Å². The molecule has 1 aliphatic rings. The van der Waals surface area contributed by atoms with Gasteiger partial charge in [-0.25, -0.2) is 4.52 Å². The monoisotopic (exact) mass is 1460 g/mol. The van der Waals surface area contributed by atoms with Gasteiger partial charge in [0.15, 0.2) is 0 Å². The first-order chi connectivity index (χ1) is 45.8. The van der Waals surface area contributed by atoms with E-state index in [0.29, 0.717) is 34.1 Å². The lowest BCUT2D eigenvalue weighted by atomic mass is 10.2. The average molecular weight is 1460 g/mol. The zero-order chi connectivity index (χ0) is 72.6. The van der Waals surface area contributed by atoms with Crippen molar-refractivity contribution in [1.82, 2.24) is 0 Å². The highest BCUT2D eigenvalue weighted by Gasteiger charge is 2.49. The molecule has 0 aliphatic carbocycles. The smallest absolute Gasteiger partial charge is 0.413 e. The number of nitrogens with one attached hydrogen (secondary N) is 6. The van der Waals surface area contributed by atoms with Gasteiger partial charge in [-0.05, 0) is 187 Å². The third-order valence-corrected chi connectivity index (χ3v) is 29.8. The molecule has 24 nitrogen and oxygen atoms in total. The molecule has 0 saturated heterocycles. The molecular formula is C68H96N12O12P6. The standard InChI is InChI=1S/C60H72N9O12P3.C8H24N3P3/c1-37(2)55(70)61-43-16-26-49(27-17-43)76-82(77-50-28-18-44(19-29-50)62-56(71)38(3)4)67-83(78-51-30-20-45(21-31-51)63-57(72)39(5)6,79-52-32-22-46(23-33-52)64-58(73)40(7)8)69-84(68-82,80-53-34-24-47(25-35-53)65-59(74)41(9)10)81-54-15-13-14-48(36-54)66-60(75)42(11)12;1-9-13(5,6)11-14(7,8)10-12(2,3)4/h13-42H,1-12H3,(H,61,70)(H,62,71)(H,63,72)(H,64,73)(H,65,74)(H,66,75);1-8H3. The van der Waals surface area contributed by atoms with Crippen LogP contribution in [0, 0.1) is 35.5 Å². The molecule has 530 valence electrons. The van der Waals surface area contributed by atoms with Gasteiger partial charge in [0, 0.05) is 82.7 Å². The maximum atomic E-state index is 13.1. The lowest BCUT2D eigenvalue weighted by Gasteiger charge is -2.33. The van der Waals surface area contributed by atoms with Crippen molar-refractivity contribution in [3.8, 4) is 34.5 Å². The number of nitrogens with zero attached hydrogens (tertiary/aromatic N) is 6. The number of benzene rings is 6. The Morgan fingerprint density at radius 3 is 0.755 bits per heavy atom. The molecule has 1 aliphatic heterocycles. The molecule has 6 aromatic rings. The predicted octanol–water partition coefficient (Wildman–Crippen LogP) is 20.3. The highest BCUT2D eigenvalue weighted by molar-refractivity contribution is 7.80. The summed E-state index contributed by atoms with van der Waals surface area (Å²) in [7, 11) is -15.8. The van der Waals surface area contributed by atoms with Crippen molar-refractivity contribution >= 4 is 114 Å². The summed E-state index contributed by atoms with van der Waals surface area (Å²) in [5.41, 5.74) is 2.66. The van der Waals surface area contributed by atoms with E-state index in [9.17, 15) is 28.8 Å². The largest absolute Gasteiger partial charge is 0.460 e. The van der Waals surface area contributed by atoms with Crippen molar-refractivity contribution in [2.75, 3.05) is 85.6 Å². The minimum Gasteiger partial charge on any atom is -0.413 e. The maximum Gasteiger partial charge on any atom is 0.460 e. The predicted molar refractivity (Wildman–Crippen MR) is 407 cm³/mol. The summed E-state index contributed by atoms with van der Waals surface area (Å²) in [5, 5.41) is 17.4. The second-order valence-electron chi connectivity index (χ2n) is 26.3. The molecule has 30 heteroatoms. The van der Waals surface area contributed by atoms with Crippen molar-refractivity contribution < 1.29 is 55.9 Å². The Hall–Kier alpha value is -7.68. The van der Waals surface area contributed by atoms with Crippen molar-refractivity contribution in [3.05, 3.63) is 146 Å². The molecule has 0 spiro atoms. The Balaban J connectivity index is 0.000000969. The van der Waals surface area contributed by atoms with Crippen molar-refractivity contribution in [2.24, 2.45) is 62.8 Å². The Kier molecular flexibility index (Phi) is 27.8. The molecular weight excluding hydrogens is 1360 g/mol. The molecule has 7 rings (SSSR count). The van der Waals surface area contributed by atoms with Gasteiger partial charge in [-0.15, -0.1) is 0 Å². The number of carbonyl (C=O) groups excluding carboxylic acids is 6. The van der Waals surface area contributed by atoms with Crippen LogP contribution >= 0.6 is 44.4 Å². The number of hydrogen-bond donors (Lipinski definition) is 6. The summed E-state index contributed by atoms with van der Waals surface area (Å²) < 4.78 is 72.4. The van der Waals surface area contributed by atoms with E-state index >= 15 is 0 Å². The maximum absolute atomic E-state index is 13.1. The van der Waals surface area contributed by atoms with Gasteiger partial charge >= 0.3 is 23.0 Å². The third-order valence-electron chi connectivity index (χ3n) is 13.3. The van der Waals surface area contributed by atoms with Crippen LogP contribution < -0.4 is 59.0 Å². The highest BCUT2D eigenvalue weighted by atomic mass is 31.3. The SMILES string of the molecule is CC(C)C(=O)Nc1ccc(OP2(Oc3ccc(NC(=O)C(C)C)cc3)=NP(Oc3ccc(NC(=O)C(C)C)cc3)(Oc3ccc(NC(=O)C(C)C)cc3)=NP(Oc3ccc(NC(=O)C(C)C)cc3)(Oc3cccc(NC(=O)C(C)C)c3)=N2)cc1.CN=P(C)(C)N=P(C)(C)N=P(C)(C)C. The summed E-state index contributed by atoms with van der Waals surface area (Å²) in [6, 6.07) is 38.7. The molecule has 1 atom stereocenters. The van der Waals surface area contributed by atoms with Crippen LogP contribution in [0.4, 0.5) is 34.1 Å². The zero-order valence-electron chi connectivity index (χ0n) is 59.6. The minimum absolute atomic E-state index is 0.0993. The quantitative estimate of drug-likeness (QED) is 0.0276. The van der Waals surface area contributed by atoms with Gasteiger partial charge in [0.25, 0.3) is 0 Å². The van der Waals surface area contributed by atoms with Gasteiger partial charge in [0.2, 0.25) is 35.4 Å². The van der Waals surface area contributed by atoms with Crippen LogP contribution in [-0.4, -0.2) is 89.1 Å². The number of hydrogen-bond acceptors (Lipinski definition) is 16. The second-order valence-corrected chi connectivity index (χ2v) is 43.5. The number of anilines is 6. The van der Waals surface area contributed by atoms with Crippen LogP contribution in [0.3, 0.4) is 0 Å². The Bertz CT molecular complexity index is 3890. The molecule has 0 bridgehead atoms. The third kappa shape index (κ3) is 25.2. The summed E-state index contributed by atoms with van der Waals surface area (Å²) in [6.07, 6.45) is 0. The first-order valence-electron chi connectivity index (χ1n) is 31.9. The molecule has 0 aromatic heterocycles. The fourth-order valence-electron chi connectivity index (χ4n) is 8.18. The summed E-state index contributed by atoms with van der Waals surface area (Å²) in [5.74, 6) is -2.57.